The van der Waals surface area contributed by atoms with Crippen LogP contribution < -0.4 is 10.5 Å². The van der Waals surface area contributed by atoms with E-state index in [0.29, 0.717) is 5.76 Å². The number of hydrogen-bond acceptors (Lipinski definition) is 5. The molecule has 0 aliphatic rings. The number of nitrogens with two attached hydrogens (primary N) is 1. The summed E-state index contributed by atoms with van der Waals surface area (Å²) in [5.41, 5.74) is 5.55. The number of aryl methyl sites for hydroxylation is 1. The zero-order valence-electron chi connectivity index (χ0n) is 9.99. The molecule has 0 saturated heterocycles. The third kappa shape index (κ3) is 2.24. The van der Waals surface area contributed by atoms with Gasteiger partial charge >= 0.3 is 0 Å². The molecule has 2 heterocycles. The maximum Gasteiger partial charge on any atom is 0.260 e. The van der Waals surface area contributed by atoms with Gasteiger partial charge in [-0.15, -0.1) is 0 Å². The van der Waals surface area contributed by atoms with Gasteiger partial charge in [0.15, 0.2) is 10.8 Å². The Morgan fingerprint density at radius 1 is 1.56 bits per heavy atom. The first-order chi connectivity index (χ1) is 8.42. The standard InChI is InChI=1S/C10H14N4O3S/c1-7(8-4-3-5-17-8)13-18(15,16)10-9(11)12-6-14(10)2/h3-7,13H,11H2,1-2H3. The second kappa shape index (κ2) is 4.46. The highest BCUT2D eigenvalue weighted by Gasteiger charge is 2.25. The molecule has 3 N–H and O–H groups in total. The van der Waals surface area contributed by atoms with Crippen LogP contribution in [0.4, 0.5) is 5.82 Å². The number of sulfonamides is 1. The highest BCUT2D eigenvalue weighted by Crippen LogP contribution is 2.20. The molecule has 0 fully saturated rings. The quantitative estimate of drug-likeness (QED) is 0.848. The lowest BCUT2D eigenvalue weighted by atomic mass is 10.3. The number of imidazole rings is 1. The molecule has 7 nitrogen and oxygen atoms in total. The minimum Gasteiger partial charge on any atom is -0.468 e. The number of furan rings is 1. The zero-order valence-corrected chi connectivity index (χ0v) is 10.8. The molecule has 0 bridgehead atoms. The van der Waals surface area contributed by atoms with Crippen LogP contribution in [0, 0.1) is 0 Å². The summed E-state index contributed by atoms with van der Waals surface area (Å²) >= 11 is 0. The normalized spacial score (nSPS) is 13.7. The van der Waals surface area contributed by atoms with Crippen LogP contribution in [0.2, 0.25) is 0 Å². The van der Waals surface area contributed by atoms with Crippen LogP contribution in [-0.2, 0) is 17.1 Å². The van der Waals surface area contributed by atoms with Gasteiger partial charge in [-0.2, -0.15) is 4.72 Å². The molecule has 0 amide bonds. The summed E-state index contributed by atoms with van der Waals surface area (Å²) in [6, 6.07) is 2.90. The molecule has 0 aliphatic heterocycles. The van der Waals surface area contributed by atoms with Gasteiger partial charge in [-0.25, -0.2) is 13.4 Å². The van der Waals surface area contributed by atoms with Crippen LogP contribution >= 0.6 is 0 Å². The number of rotatable bonds is 4. The van der Waals surface area contributed by atoms with Gasteiger partial charge in [-0.1, -0.05) is 0 Å². The number of nitrogen functional groups attached to an aromatic ring is 1. The van der Waals surface area contributed by atoms with E-state index in [1.54, 1.807) is 26.1 Å². The first kappa shape index (κ1) is 12.7. The molecular formula is C10H14N4O3S. The molecule has 18 heavy (non-hydrogen) atoms. The van der Waals surface area contributed by atoms with E-state index in [1.165, 1.54) is 17.2 Å². The summed E-state index contributed by atoms with van der Waals surface area (Å²) in [5, 5.41) is -0.0547. The van der Waals surface area contributed by atoms with E-state index in [1.807, 2.05) is 0 Å². The lowest BCUT2D eigenvalue weighted by Crippen LogP contribution is -2.28. The molecule has 0 radical (unpaired) electrons. The van der Waals surface area contributed by atoms with Crippen molar-refractivity contribution < 1.29 is 12.8 Å². The number of aromatic nitrogens is 2. The Bertz CT molecular complexity index is 611. The van der Waals surface area contributed by atoms with Gasteiger partial charge in [-0.3, -0.25) is 0 Å². The number of nitrogens with zero attached hydrogens (tertiary/aromatic N) is 2. The van der Waals surface area contributed by atoms with E-state index in [4.69, 9.17) is 10.2 Å². The van der Waals surface area contributed by atoms with E-state index in [-0.39, 0.29) is 10.8 Å². The topological polar surface area (TPSA) is 103 Å². The van der Waals surface area contributed by atoms with Crippen LogP contribution in [0.25, 0.3) is 0 Å². The average Bonchev–Trinajstić information content (AvgIpc) is 2.87. The minimum absolute atomic E-state index is 0.0309. The van der Waals surface area contributed by atoms with Crippen LogP contribution in [0.5, 0.6) is 0 Å². The van der Waals surface area contributed by atoms with Crippen molar-refractivity contribution in [2.45, 2.75) is 18.0 Å². The highest BCUT2D eigenvalue weighted by molar-refractivity contribution is 7.89. The van der Waals surface area contributed by atoms with Gasteiger partial charge in [0, 0.05) is 7.05 Å². The summed E-state index contributed by atoms with van der Waals surface area (Å²) in [4.78, 5) is 3.75. The first-order valence-electron chi connectivity index (χ1n) is 5.24. The van der Waals surface area contributed by atoms with Crippen molar-refractivity contribution >= 4 is 15.8 Å². The van der Waals surface area contributed by atoms with E-state index in [0.717, 1.165) is 0 Å². The van der Waals surface area contributed by atoms with Crippen molar-refractivity contribution in [1.82, 2.24) is 14.3 Å². The Hall–Kier alpha value is -1.80. The molecule has 0 aromatic carbocycles. The molecule has 2 aromatic heterocycles. The van der Waals surface area contributed by atoms with Crippen molar-refractivity contribution in [2.75, 3.05) is 5.73 Å². The van der Waals surface area contributed by atoms with E-state index in [2.05, 4.69) is 9.71 Å². The lowest BCUT2D eigenvalue weighted by Gasteiger charge is -2.12. The molecule has 98 valence electrons. The molecular weight excluding hydrogens is 256 g/mol. The number of nitrogens with one attached hydrogen (secondary N) is 1. The molecule has 0 spiro atoms. The largest absolute Gasteiger partial charge is 0.468 e. The van der Waals surface area contributed by atoms with Crippen molar-refractivity contribution in [3.63, 3.8) is 0 Å². The van der Waals surface area contributed by atoms with Crippen LogP contribution in [0.1, 0.15) is 18.7 Å². The Labute approximate surface area is 105 Å². The summed E-state index contributed by atoms with van der Waals surface area (Å²) in [5.74, 6) is 0.496. The van der Waals surface area contributed by atoms with E-state index in [9.17, 15) is 8.42 Å². The predicted octanol–water partition coefficient (Wildman–Crippen LogP) is 0.635. The van der Waals surface area contributed by atoms with Crippen molar-refractivity contribution in [2.24, 2.45) is 7.05 Å². The second-order valence-electron chi connectivity index (χ2n) is 3.90. The molecule has 8 heteroatoms. The van der Waals surface area contributed by atoms with Gasteiger partial charge in [0.2, 0.25) is 0 Å². The fraction of sp³-hybridized carbons (Fsp3) is 0.300. The summed E-state index contributed by atoms with van der Waals surface area (Å²) in [6.45, 7) is 1.68. The maximum absolute atomic E-state index is 12.1. The minimum atomic E-state index is -3.74. The fourth-order valence-corrected chi connectivity index (χ4v) is 3.10. The second-order valence-corrected chi connectivity index (χ2v) is 5.53. The third-order valence-corrected chi connectivity index (χ3v) is 4.14. The molecule has 2 aromatic rings. The lowest BCUT2D eigenvalue weighted by molar-refractivity contribution is 0.458. The molecule has 1 atom stereocenters. The van der Waals surface area contributed by atoms with Crippen molar-refractivity contribution in [3.8, 4) is 0 Å². The number of hydrogen-bond donors (Lipinski definition) is 2. The van der Waals surface area contributed by atoms with E-state index >= 15 is 0 Å². The zero-order chi connectivity index (χ0) is 13.3. The first-order valence-corrected chi connectivity index (χ1v) is 6.72. The predicted molar refractivity (Wildman–Crippen MR) is 65.1 cm³/mol. The molecule has 0 saturated carbocycles. The molecule has 1 unspecified atom stereocenters. The highest BCUT2D eigenvalue weighted by atomic mass is 32.2. The summed E-state index contributed by atoms with van der Waals surface area (Å²) in [6.07, 6.45) is 2.83. The van der Waals surface area contributed by atoms with Gasteiger partial charge in [-0.05, 0) is 19.1 Å². The van der Waals surface area contributed by atoms with Gasteiger partial charge < -0.3 is 14.7 Å². The van der Waals surface area contributed by atoms with Gasteiger partial charge in [0.05, 0.1) is 18.6 Å². The summed E-state index contributed by atoms with van der Waals surface area (Å²) < 4.78 is 33.3. The van der Waals surface area contributed by atoms with Crippen LogP contribution in [0.3, 0.4) is 0 Å². The molecule has 2 rings (SSSR count). The van der Waals surface area contributed by atoms with Gasteiger partial charge in [0.25, 0.3) is 10.0 Å². The van der Waals surface area contributed by atoms with Crippen molar-refractivity contribution in [1.29, 1.82) is 0 Å². The Balaban J connectivity index is 2.28. The Morgan fingerprint density at radius 3 is 2.78 bits per heavy atom. The van der Waals surface area contributed by atoms with Crippen molar-refractivity contribution in [3.05, 3.63) is 30.5 Å². The molecule has 0 aliphatic carbocycles. The monoisotopic (exact) mass is 270 g/mol. The van der Waals surface area contributed by atoms with E-state index < -0.39 is 16.1 Å². The van der Waals surface area contributed by atoms with Crippen LogP contribution in [0.15, 0.2) is 34.2 Å². The smallest absolute Gasteiger partial charge is 0.260 e. The summed E-state index contributed by atoms with van der Waals surface area (Å²) in [7, 11) is -2.17. The van der Waals surface area contributed by atoms with Gasteiger partial charge in [0.1, 0.15) is 5.76 Å². The number of anilines is 1. The fourth-order valence-electron chi connectivity index (χ4n) is 1.65. The third-order valence-electron chi connectivity index (χ3n) is 2.47. The van der Waals surface area contributed by atoms with Crippen LogP contribution in [-0.4, -0.2) is 18.0 Å². The Kier molecular flexibility index (Phi) is 3.14. The SMILES string of the molecule is CC(NS(=O)(=O)c1c(N)ncn1C)c1ccco1. The maximum atomic E-state index is 12.1. The average molecular weight is 270 g/mol. The Morgan fingerprint density at radius 2 is 2.28 bits per heavy atom.